The fourth-order valence-corrected chi connectivity index (χ4v) is 4.91. The predicted octanol–water partition coefficient (Wildman–Crippen LogP) is -0.846. The molecule has 2 fully saturated rings. The third kappa shape index (κ3) is 4.85. The van der Waals surface area contributed by atoms with Crippen LogP contribution in [0.1, 0.15) is 11.7 Å². The van der Waals surface area contributed by atoms with E-state index in [2.05, 4.69) is 0 Å². The van der Waals surface area contributed by atoms with E-state index in [1.807, 2.05) is 0 Å². The number of hydrogen-bond acceptors (Lipinski definition) is 13. The van der Waals surface area contributed by atoms with E-state index in [-0.39, 0.29) is 22.1 Å². The highest BCUT2D eigenvalue weighted by Gasteiger charge is 2.50. The van der Waals surface area contributed by atoms with Gasteiger partial charge in [0.2, 0.25) is 5.43 Å². The molecule has 2 aromatic carbocycles. The van der Waals surface area contributed by atoms with Crippen LogP contribution in [-0.4, -0.2) is 105 Å². The van der Waals surface area contributed by atoms with Gasteiger partial charge in [0.25, 0.3) is 0 Å². The normalized spacial score (nSPS) is 32.4. The van der Waals surface area contributed by atoms with Gasteiger partial charge < -0.3 is 59.1 Å². The third-order valence-corrected chi connectivity index (χ3v) is 7.36. The van der Waals surface area contributed by atoms with Gasteiger partial charge in [-0.05, 0) is 29.8 Å². The van der Waals surface area contributed by atoms with Crippen LogP contribution in [0, 0.1) is 0 Å². The summed E-state index contributed by atoms with van der Waals surface area (Å²) in [5.74, 6) is 0.199. The molecule has 8 unspecified atom stereocenters. The quantitative estimate of drug-likeness (QED) is 0.187. The molecule has 7 N–H and O–H groups in total. The SMILES string of the molecule is COc1ccc(-c2coc3c(C4OC(COC5OCC(O)(CO)C5O)C(O)C(O)C4O)c(O)ccc3c2=O)cc1. The average Bonchev–Trinajstić information content (AvgIpc) is 3.25. The van der Waals surface area contributed by atoms with Gasteiger partial charge in [-0.2, -0.15) is 0 Å². The van der Waals surface area contributed by atoms with Crippen LogP contribution in [0.25, 0.3) is 22.1 Å². The van der Waals surface area contributed by atoms with Crippen molar-refractivity contribution in [3.05, 3.63) is 58.4 Å². The van der Waals surface area contributed by atoms with E-state index in [9.17, 15) is 40.5 Å². The molecule has 3 heterocycles. The van der Waals surface area contributed by atoms with Crippen LogP contribution in [-0.2, 0) is 14.2 Å². The van der Waals surface area contributed by atoms with Crippen LogP contribution >= 0.6 is 0 Å². The first-order chi connectivity index (χ1) is 19.1. The Bertz CT molecular complexity index is 1410. The van der Waals surface area contributed by atoms with Crippen LogP contribution < -0.4 is 10.2 Å². The number of hydrogen-bond donors (Lipinski definition) is 7. The molecule has 0 amide bonds. The first-order valence-electron chi connectivity index (χ1n) is 12.5. The van der Waals surface area contributed by atoms with Gasteiger partial charge in [0.05, 0.1) is 43.4 Å². The lowest BCUT2D eigenvalue weighted by Crippen LogP contribution is -2.56. The summed E-state index contributed by atoms with van der Waals surface area (Å²) in [6.45, 7) is -1.67. The zero-order valence-corrected chi connectivity index (χ0v) is 21.3. The van der Waals surface area contributed by atoms with Crippen molar-refractivity contribution in [2.45, 2.75) is 48.5 Å². The molecule has 2 aliphatic heterocycles. The molecule has 5 rings (SSSR count). The topological polar surface area (TPSA) is 209 Å². The molecule has 13 nitrogen and oxygen atoms in total. The van der Waals surface area contributed by atoms with Crippen molar-refractivity contribution in [3.63, 3.8) is 0 Å². The average molecular weight is 563 g/mol. The molecule has 0 bridgehead atoms. The van der Waals surface area contributed by atoms with Crippen LogP contribution in [0.2, 0.25) is 0 Å². The van der Waals surface area contributed by atoms with Gasteiger partial charge in [0.1, 0.15) is 65.6 Å². The minimum absolute atomic E-state index is 0.0658. The van der Waals surface area contributed by atoms with Crippen molar-refractivity contribution < 1.29 is 59.1 Å². The van der Waals surface area contributed by atoms with E-state index >= 15 is 0 Å². The third-order valence-electron chi connectivity index (χ3n) is 7.36. The highest BCUT2D eigenvalue weighted by molar-refractivity contribution is 5.86. The summed E-state index contributed by atoms with van der Waals surface area (Å²) in [7, 11) is 1.52. The number of aromatic hydroxyl groups is 1. The van der Waals surface area contributed by atoms with E-state index in [1.54, 1.807) is 24.3 Å². The Morgan fingerprint density at radius 3 is 2.40 bits per heavy atom. The lowest BCUT2D eigenvalue weighted by Gasteiger charge is -2.41. The van der Waals surface area contributed by atoms with Gasteiger partial charge in [-0.15, -0.1) is 0 Å². The number of aliphatic hydroxyl groups is 6. The van der Waals surface area contributed by atoms with Crippen molar-refractivity contribution in [1.82, 2.24) is 0 Å². The number of ether oxygens (including phenoxy) is 4. The monoisotopic (exact) mass is 562 g/mol. The Labute approximate surface area is 227 Å². The maximum atomic E-state index is 13.4. The number of aliphatic hydroxyl groups excluding tert-OH is 5. The zero-order valence-electron chi connectivity index (χ0n) is 21.3. The van der Waals surface area contributed by atoms with E-state index in [1.165, 1.54) is 25.5 Å². The molecule has 0 spiro atoms. The van der Waals surface area contributed by atoms with Gasteiger partial charge in [-0.3, -0.25) is 4.79 Å². The van der Waals surface area contributed by atoms with Gasteiger partial charge in [0.15, 0.2) is 6.29 Å². The van der Waals surface area contributed by atoms with E-state index in [0.717, 1.165) is 0 Å². The van der Waals surface area contributed by atoms with Crippen molar-refractivity contribution >= 4 is 11.0 Å². The smallest absolute Gasteiger partial charge is 0.200 e. The minimum Gasteiger partial charge on any atom is -0.507 e. The molecule has 2 aliphatic rings. The standard InChI is InChI=1S/C27H30O13/c1-36-13-4-2-12(3-5-13)15-8-37-23-14(19(15)30)6-7-16(29)18(23)24-22(33)21(32)20(31)17(40-24)9-38-26-25(34)27(35,10-28)11-39-26/h2-8,17,20-22,24-26,28-29,31-35H,9-11H2,1H3. The van der Waals surface area contributed by atoms with Gasteiger partial charge in [-0.25, -0.2) is 0 Å². The second-order valence-electron chi connectivity index (χ2n) is 9.87. The summed E-state index contributed by atoms with van der Waals surface area (Å²) in [5, 5.41) is 72.4. The summed E-state index contributed by atoms with van der Waals surface area (Å²) in [5.41, 5.74) is -1.81. The van der Waals surface area contributed by atoms with Gasteiger partial charge in [0, 0.05) is 0 Å². The summed E-state index contributed by atoms with van der Waals surface area (Å²) >= 11 is 0. The summed E-state index contributed by atoms with van der Waals surface area (Å²) in [6.07, 6.45) is -9.75. The number of rotatable bonds is 7. The highest BCUT2D eigenvalue weighted by atomic mass is 16.7. The zero-order chi connectivity index (χ0) is 28.8. The first-order valence-corrected chi connectivity index (χ1v) is 12.5. The molecule has 216 valence electrons. The molecule has 3 aromatic rings. The second-order valence-corrected chi connectivity index (χ2v) is 9.87. The maximum absolute atomic E-state index is 13.4. The molecule has 8 atom stereocenters. The lowest BCUT2D eigenvalue weighted by molar-refractivity contribution is -0.252. The minimum atomic E-state index is -1.94. The molecule has 13 heteroatoms. The molecule has 1 aromatic heterocycles. The Kier molecular flexibility index (Phi) is 7.85. The van der Waals surface area contributed by atoms with Gasteiger partial charge >= 0.3 is 0 Å². The van der Waals surface area contributed by atoms with Gasteiger partial charge in [-0.1, -0.05) is 12.1 Å². The molecule has 2 saturated heterocycles. The maximum Gasteiger partial charge on any atom is 0.200 e. The van der Waals surface area contributed by atoms with Crippen LogP contribution in [0.4, 0.5) is 0 Å². The number of phenolic OH excluding ortho intramolecular Hbond substituents is 1. The number of phenols is 1. The predicted molar refractivity (Wildman–Crippen MR) is 136 cm³/mol. The number of methoxy groups -OCH3 is 1. The molecule has 0 aliphatic carbocycles. The second kappa shape index (κ2) is 11.0. The fourth-order valence-electron chi connectivity index (χ4n) is 4.91. The van der Waals surface area contributed by atoms with E-state index in [4.69, 9.17) is 23.4 Å². The van der Waals surface area contributed by atoms with Crippen molar-refractivity contribution in [3.8, 4) is 22.6 Å². The molecule has 0 radical (unpaired) electrons. The molecule has 40 heavy (non-hydrogen) atoms. The number of benzene rings is 2. The molecular formula is C27H30O13. The molecule has 0 saturated carbocycles. The lowest BCUT2D eigenvalue weighted by atomic mass is 9.89. The number of fused-ring (bicyclic) bond motifs is 1. The Hall–Kier alpha value is -3.11. The van der Waals surface area contributed by atoms with E-state index in [0.29, 0.717) is 11.3 Å². The van der Waals surface area contributed by atoms with Crippen molar-refractivity contribution in [2.24, 2.45) is 0 Å². The summed E-state index contributed by atoms with van der Waals surface area (Å²) in [4.78, 5) is 13.4. The van der Waals surface area contributed by atoms with Crippen LogP contribution in [0.3, 0.4) is 0 Å². The Balaban J connectivity index is 1.45. The van der Waals surface area contributed by atoms with Crippen LogP contribution in [0.15, 0.2) is 51.9 Å². The first kappa shape index (κ1) is 28.4. The highest BCUT2D eigenvalue weighted by Crippen LogP contribution is 2.41. The Morgan fingerprint density at radius 1 is 1.02 bits per heavy atom. The Morgan fingerprint density at radius 2 is 1.75 bits per heavy atom. The van der Waals surface area contributed by atoms with Crippen molar-refractivity contribution in [2.75, 3.05) is 26.9 Å². The largest absolute Gasteiger partial charge is 0.507 e. The van der Waals surface area contributed by atoms with E-state index < -0.39 is 79.5 Å². The summed E-state index contributed by atoms with van der Waals surface area (Å²) < 4.78 is 27.4. The van der Waals surface area contributed by atoms with Crippen molar-refractivity contribution in [1.29, 1.82) is 0 Å². The fraction of sp³-hybridized carbons (Fsp3) is 0.444. The molecular weight excluding hydrogens is 532 g/mol. The van der Waals surface area contributed by atoms with Crippen LogP contribution in [0.5, 0.6) is 11.5 Å². The summed E-state index contributed by atoms with van der Waals surface area (Å²) in [6, 6.07) is 9.31.